The van der Waals surface area contributed by atoms with Crippen molar-refractivity contribution in [2.75, 3.05) is 13.1 Å². The quantitative estimate of drug-likeness (QED) is 0.379. The fourth-order valence-electron chi connectivity index (χ4n) is 2.09. The molecule has 0 radical (unpaired) electrons. The third-order valence-corrected chi connectivity index (χ3v) is 3.29. The van der Waals surface area contributed by atoms with Gasteiger partial charge in [0.05, 0.1) is 5.52 Å². The summed E-state index contributed by atoms with van der Waals surface area (Å²) >= 11 is 0. The van der Waals surface area contributed by atoms with Crippen molar-refractivity contribution in [2.45, 2.75) is 13.3 Å². The van der Waals surface area contributed by atoms with E-state index >= 15 is 0 Å². The largest absolute Gasteiger partial charge is 0.409 e. The maximum absolute atomic E-state index is 12.5. The average molecular weight is 286 g/mol. The molecule has 1 aromatic heterocycles. The SMILES string of the molecule is CCN(CCC(N)=NO)C(=O)c1ccc2ncccc2c1. The molecule has 1 amide bonds. The van der Waals surface area contributed by atoms with E-state index in [0.29, 0.717) is 25.1 Å². The molecule has 0 spiro atoms. The summed E-state index contributed by atoms with van der Waals surface area (Å²) in [6.45, 7) is 2.87. The van der Waals surface area contributed by atoms with Crippen molar-refractivity contribution in [2.24, 2.45) is 10.9 Å². The second kappa shape index (κ2) is 6.69. The highest BCUT2D eigenvalue weighted by atomic mass is 16.4. The summed E-state index contributed by atoms with van der Waals surface area (Å²) in [6.07, 6.45) is 2.06. The van der Waals surface area contributed by atoms with Gasteiger partial charge in [-0.05, 0) is 31.2 Å². The molecule has 0 saturated carbocycles. The Balaban J connectivity index is 2.18. The Labute approximate surface area is 122 Å². The van der Waals surface area contributed by atoms with Gasteiger partial charge in [-0.3, -0.25) is 9.78 Å². The summed E-state index contributed by atoms with van der Waals surface area (Å²) in [5, 5.41) is 12.4. The van der Waals surface area contributed by atoms with Gasteiger partial charge in [0.1, 0.15) is 5.84 Å². The van der Waals surface area contributed by atoms with E-state index in [4.69, 9.17) is 10.9 Å². The Morgan fingerprint density at radius 3 is 2.95 bits per heavy atom. The van der Waals surface area contributed by atoms with Crippen LogP contribution >= 0.6 is 0 Å². The molecule has 1 aromatic carbocycles. The van der Waals surface area contributed by atoms with Crippen LogP contribution in [0.15, 0.2) is 41.7 Å². The molecule has 6 heteroatoms. The standard InChI is InChI=1S/C15H18N4O2/c1-2-19(9-7-14(16)18-21)15(20)12-5-6-13-11(10-12)4-3-8-17-13/h3-6,8,10,21H,2,7,9H2,1H3,(H2,16,18). The molecule has 6 nitrogen and oxygen atoms in total. The van der Waals surface area contributed by atoms with Crippen molar-refractivity contribution in [3.05, 3.63) is 42.1 Å². The summed E-state index contributed by atoms with van der Waals surface area (Å²) < 4.78 is 0. The van der Waals surface area contributed by atoms with Crippen molar-refractivity contribution in [3.8, 4) is 0 Å². The van der Waals surface area contributed by atoms with Crippen LogP contribution in [0.1, 0.15) is 23.7 Å². The number of carbonyl (C=O) groups excluding carboxylic acids is 1. The van der Waals surface area contributed by atoms with E-state index in [2.05, 4.69) is 10.1 Å². The molecule has 0 fully saturated rings. The summed E-state index contributed by atoms with van der Waals surface area (Å²) in [5.74, 6) is 0.0398. The van der Waals surface area contributed by atoms with Crippen LogP contribution in [-0.2, 0) is 0 Å². The molecule has 0 bridgehead atoms. The van der Waals surface area contributed by atoms with Crippen molar-refractivity contribution in [1.29, 1.82) is 0 Å². The van der Waals surface area contributed by atoms with Crippen LogP contribution < -0.4 is 5.73 Å². The molecule has 3 N–H and O–H groups in total. The number of carbonyl (C=O) groups is 1. The molecule has 0 unspecified atom stereocenters. The van der Waals surface area contributed by atoms with E-state index in [-0.39, 0.29) is 11.7 Å². The molecular formula is C15H18N4O2. The van der Waals surface area contributed by atoms with E-state index in [1.807, 2.05) is 31.2 Å². The number of amidine groups is 1. The van der Waals surface area contributed by atoms with Crippen LogP contribution in [0.3, 0.4) is 0 Å². The summed E-state index contributed by atoms with van der Waals surface area (Å²) in [7, 11) is 0. The molecule has 0 aliphatic carbocycles. The van der Waals surface area contributed by atoms with Gasteiger partial charge in [0.25, 0.3) is 5.91 Å². The number of pyridine rings is 1. The zero-order valence-corrected chi connectivity index (χ0v) is 11.9. The Morgan fingerprint density at radius 1 is 1.43 bits per heavy atom. The minimum absolute atomic E-state index is 0.0750. The Hall–Kier alpha value is -2.63. The fraction of sp³-hybridized carbons (Fsp3) is 0.267. The monoisotopic (exact) mass is 286 g/mol. The van der Waals surface area contributed by atoms with Gasteiger partial charge in [-0.1, -0.05) is 11.2 Å². The lowest BCUT2D eigenvalue weighted by molar-refractivity contribution is 0.0768. The van der Waals surface area contributed by atoms with Gasteiger partial charge in [0.2, 0.25) is 0 Å². The lowest BCUT2D eigenvalue weighted by Crippen LogP contribution is -2.33. The highest BCUT2D eigenvalue weighted by molar-refractivity contribution is 5.98. The van der Waals surface area contributed by atoms with E-state index in [1.165, 1.54) is 0 Å². The third kappa shape index (κ3) is 3.47. The van der Waals surface area contributed by atoms with Crippen LogP contribution in [0.5, 0.6) is 0 Å². The first kappa shape index (κ1) is 14.8. The second-order valence-corrected chi connectivity index (χ2v) is 4.64. The van der Waals surface area contributed by atoms with Gasteiger partial charge in [-0.25, -0.2) is 0 Å². The molecule has 0 atom stereocenters. The second-order valence-electron chi connectivity index (χ2n) is 4.64. The van der Waals surface area contributed by atoms with Gasteiger partial charge in [-0.15, -0.1) is 0 Å². The van der Waals surface area contributed by atoms with Crippen molar-refractivity contribution in [1.82, 2.24) is 9.88 Å². The van der Waals surface area contributed by atoms with Gasteiger partial charge >= 0.3 is 0 Å². The first-order valence-corrected chi connectivity index (χ1v) is 6.76. The molecular weight excluding hydrogens is 268 g/mol. The number of hydrogen-bond acceptors (Lipinski definition) is 4. The summed E-state index contributed by atoms with van der Waals surface area (Å²) in [4.78, 5) is 18.4. The van der Waals surface area contributed by atoms with Gasteiger partial charge in [-0.2, -0.15) is 0 Å². The van der Waals surface area contributed by atoms with E-state index in [1.54, 1.807) is 17.2 Å². The maximum atomic E-state index is 12.5. The van der Waals surface area contributed by atoms with Crippen LogP contribution in [0, 0.1) is 0 Å². The Bertz CT molecular complexity index is 670. The lowest BCUT2D eigenvalue weighted by atomic mass is 10.1. The van der Waals surface area contributed by atoms with Crippen molar-refractivity contribution >= 4 is 22.6 Å². The molecule has 21 heavy (non-hydrogen) atoms. The number of oxime groups is 1. The number of aromatic nitrogens is 1. The molecule has 110 valence electrons. The van der Waals surface area contributed by atoms with Gasteiger partial charge < -0.3 is 15.8 Å². The number of rotatable bonds is 5. The minimum Gasteiger partial charge on any atom is -0.409 e. The highest BCUT2D eigenvalue weighted by Gasteiger charge is 2.15. The zero-order valence-electron chi connectivity index (χ0n) is 11.9. The highest BCUT2D eigenvalue weighted by Crippen LogP contribution is 2.15. The first-order chi connectivity index (χ1) is 10.2. The predicted molar refractivity (Wildman–Crippen MR) is 81.3 cm³/mol. The van der Waals surface area contributed by atoms with Gasteiger partial charge in [0, 0.05) is 36.7 Å². The number of fused-ring (bicyclic) bond motifs is 1. The normalized spacial score (nSPS) is 11.6. The van der Waals surface area contributed by atoms with Crippen LogP contribution in [-0.4, -0.2) is 39.9 Å². The summed E-state index contributed by atoms with van der Waals surface area (Å²) in [6, 6.07) is 9.19. The molecule has 0 aliphatic rings. The molecule has 1 heterocycles. The number of nitrogens with zero attached hydrogens (tertiary/aromatic N) is 3. The number of nitrogens with two attached hydrogens (primary N) is 1. The number of hydrogen-bond donors (Lipinski definition) is 2. The van der Waals surface area contributed by atoms with E-state index in [9.17, 15) is 4.79 Å². The molecule has 0 saturated heterocycles. The average Bonchev–Trinajstić information content (AvgIpc) is 2.54. The lowest BCUT2D eigenvalue weighted by Gasteiger charge is -2.20. The molecule has 2 rings (SSSR count). The predicted octanol–water partition coefficient (Wildman–Crippen LogP) is 1.83. The van der Waals surface area contributed by atoms with Gasteiger partial charge in [0.15, 0.2) is 0 Å². The van der Waals surface area contributed by atoms with E-state index < -0.39 is 0 Å². The smallest absolute Gasteiger partial charge is 0.253 e. The zero-order chi connectivity index (χ0) is 15.2. The van der Waals surface area contributed by atoms with Crippen molar-refractivity contribution < 1.29 is 10.0 Å². The fourth-order valence-corrected chi connectivity index (χ4v) is 2.09. The van der Waals surface area contributed by atoms with Crippen LogP contribution in [0.25, 0.3) is 10.9 Å². The molecule has 0 aliphatic heterocycles. The van der Waals surface area contributed by atoms with Crippen LogP contribution in [0.4, 0.5) is 0 Å². The Morgan fingerprint density at radius 2 is 2.24 bits per heavy atom. The van der Waals surface area contributed by atoms with E-state index in [0.717, 1.165) is 10.9 Å². The molecule has 2 aromatic rings. The van der Waals surface area contributed by atoms with Crippen LogP contribution in [0.2, 0.25) is 0 Å². The number of benzene rings is 1. The summed E-state index contributed by atoms with van der Waals surface area (Å²) in [5.41, 5.74) is 6.91. The first-order valence-electron chi connectivity index (χ1n) is 6.76. The third-order valence-electron chi connectivity index (χ3n) is 3.29. The van der Waals surface area contributed by atoms with Crippen molar-refractivity contribution in [3.63, 3.8) is 0 Å². The number of amides is 1. The maximum Gasteiger partial charge on any atom is 0.253 e. The Kier molecular flexibility index (Phi) is 4.71. The minimum atomic E-state index is -0.0750. The topological polar surface area (TPSA) is 91.8 Å².